The van der Waals surface area contributed by atoms with E-state index in [0.717, 1.165) is 5.92 Å². The SMILES string of the molecule is CCCCCCNCCN1CCCC(C)CC1. The quantitative estimate of drug-likeness (QED) is 0.655. The smallest absolute Gasteiger partial charge is 0.0107 e. The molecule has 2 nitrogen and oxygen atoms in total. The van der Waals surface area contributed by atoms with Crippen molar-refractivity contribution in [2.75, 3.05) is 32.7 Å². The zero-order valence-corrected chi connectivity index (χ0v) is 12.0. The molecule has 1 aliphatic rings. The molecule has 0 aliphatic carbocycles. The highest BCUT2D eigenvalue weighted by atomic mass is 15.1. The van der Waals surface area contributed by atoms with Crippen molar-refractivity contribution in [3.8, 4) is 0 Å². The summed E-state index contributed by atoms with van der Waals surface area (Å²) in [4.78, 5) is 2.64. The highest BCUT2D eigenvalue weighted by Crippen LogP contribution is 2.15. The molecule has 2 heteroatoms. The molecular formula is C15H32N2. The van der Waals surface area contributed by atoms with Crippen LogP contribution in [0.1, 0.15) is 58.8 Å². The Kier molecular flexibility index (Phi) is 8.72. The van der Waals surface area contributed by atoms with Crippen molar-refractivity contribution in [3.05, 3.63) is 0 Å². The summed E-state index contributed by atoms with van der Waals surface area (Å²) in [5.74, 6) is 0.946. The van der Waals surface area contributed by atoms with E-state index in [0.29, 0.717) is 0 Å². The van der Waals surface area contributed by atoms with Crippen LogP contribution in [0.15, 0.2) is 0 Å². The van der Waals surface area contributed by atoms with Gasteiger partial charge in [0, 0.05) is 13.1 Å². The predicted octanol–water partition coefficient (Wildman–Crippen LogP) is 3.28. The maximum atomic E-state index is 3.58. The standard InChI is InChI=1S/C15H32N2/c1-3-4-5-6-10-16-11-14-17-12-7-8-15(2)9-13-17/h15-16H,3-14H2,1-2H3. The first-order chi connectivity index (χ1) is 8.33. The predicted molar refractivity (Wildman–Crippen MR) is 76.5 cm³/mol. The van der Waals surface area contributed by atoms with Gasteiger partial charge in [-0.3, -0.25) is 0 Å². The van der Waals surface area contributed by atoms with Gasteiger partial charge in [-0.25, -0.2) is 0 Å². The van der Waals surface area contributed by atoms with Crippen molar-refractivity contribution in [1.82, 2.24) is 10.2 Å². The van der Waals surface area contributed by atoms with Crippen molar-refractivity contribution in [3.63, 3.8) is 0 Å². The molecule has 1 N–H and O–H groups in total. The molecule has 1 aliphatic heterocycles. The Morgan fingerprint density at radius 2 is 1.94 bits per heavy atom. The molecule has 0 aromatic heterocycles. The van der Waals surface area contributed by atoms with E-state index in [1.54, 1.807) is 0 Å². The monoisotopic (exact) mass is 240 g/mol. The summed E-state index contributed by atoms with van der Waals surface area (Å²) in [5.41, 5.74) is 0. The molecule has 1 heterocycles. The Labute approximate surface area is 108 Å². The van der Waals surface area contributed by atoms with Crippen LogP contribution in [0.25, 0.3) is 0 Å². The maximum Gasteiger partial charge on any atom is 0.0107 e. The second kappa shape index (κ2) is 9.90. The molecule has 0 bridgehead atoms. The number of unbranched alkanes of at least 4 members (excludes halogenated alkanes) is 3. The number of likely N-dealkylation sites (tertiary alicyclic amines) is 1. The van der Waals surface area contributed by atoms with E-state index < -0.39 is 0 Å². The van der Waals surface area contributed by atoms with Gasteiger partial charge in [0.05, 0.1) is 0 Å². The van der Waals surface area contributed by atoms with Gasteiger partial charge in [0.2, 0.25) is 0 Å². The molecule has 102 valence electrons. The van der Waals surface area contributed by atoms with Crippen LogP contribution in [0.4, 0.5) is 0 Å². The van der Waals surface area contributed by atoms with Crippen molar-refractivity contribution in [1.29, 1.82) is 0 Å². The van der Waals surface area contributed by atoms with Crippen LogP contribution < -0.4 is 5.32 Å². The topological polar surface area (TPSA) is 15.3 Å². The summed E-state index contributed by atoms with van der Waals surface area (Å²) in [5, 5.41) is 3.58. The number of nitrogens with one attached hydrogen (secondary N) is 1. The lowest BCUT2D eigenvalue weighted by atomic mass is 10.0. The highest BCUT2D eigenvalue weighted by Gasteiger charge is 2.12. The fraction of sp³-hybridized carbons (Fsp3) is 1.00. The third-order valence-corrected chi connectivity index (χ3v) is 3.92. The summed E-state index contributed by atoms with van der Waals surface area (Å²) >= 11 is 0. The first kappa shape index (κ1) is 15.0. The van der Waals surface area contributed by atoms with Gasteiger partial charge in [-0.1, -0.05) is 33.1 Å². The van der Waals surface area contributed by atoms with E-state index >= 15 is 0 Å². The summed E-state index contributed by atoms with van der Waals surface area (Å²) < 4.78 is 0. The minimum Gasteiger partial charge on any atom is -0.315 e. The number of hydrogen-bond donors (Lipinski definition) is 1. The van der Waals surface area contributed by atoms with Gasteiger partial charge < -0.3 is 10.2 Å². The van der Waals surface area contributed by atoms with Gasteiger partial charge in [-0.15, -0.1) is 0 Å². The number of hydrogen-bond acceptors (Lipinski definition) is 2. The minimum atomic E-state index is 0.946. The molecule has 0 saturated carbocycles. The van der Waals surface area contributed by atoms with E-state index in [1.165, 1.54) is 77.7 Å². The van der Waals surface area contributed by atoms with Gasteiger partial charge >= 0.3 is 0 Å². The second-order valence-electron chi connectivity index (χ2n) is 5.69. The van der Waals surface area contributed by atoms with Crippen LogP contribution in [0.5, 0.6) is 0 Å². The van der Waals surface area contributed by atoms with Crippen molar-refractivity contribution < 1.29 is 0 Å². The third-order valence-electron chi connectivity index (χ3n) is 3.92. The van der Waals surface area contributed by atoms with Crippen LogP contribution in [0.2, 0.25) is 0 Å². The molecule has 0 spiro atoms. The Hall–Kier alpha value is -0.0800. The third kappa shape index (κ3) is 7.77. The van der Waals surface area contributed by atoms with E-state index in [9.17, 15) is 0 Å². The average Bonchev–Trinajstić information content (AvgIpc) is 2.53. The molecule has 1 unspecified atom stereocenters. The van der Waals surface area contributed by atoms with Crippen molar-refractivity contribution in [2.45, 2.75) is 58.8 Å². The van der Waals surface area contributed by atoms with Gasteiger partial charge in [0.1, 0.15) is 0 Å². The highest BCUT2D eigenvalue weighted by molar-refractivity contribution is 4.68. The summed E-state index contributed by atoms with van der Waals surface area (Å²) in [6, 6.07) is 0. The van der Waals surface area contributed by atoms with Crippen LogP contribution in [0.3, 0.4) is 0 Å². The first-order valence-electron chi connectivity index (χ1n) is 7.76. The van der Waals surface area contributed by atoms with Crippen LogP contribution in [-0.2, 0) is 0 Å². The average molecular weight is 240 g/mol. The summed E-state index contributed by atoms with van der Waals surface area (Å²) in [6.07, 6.45) is 9.71. The first-order valence-corrected chi connectivity index (χ1v) is 7.76. The van der Waals surface area contributed by atoms with E-state index in [2.05, 4.69) is 24.1 Å². The molecular weight excluding hydrogens is 208 g/mol. The maximum absolute atomic E-state index is 3.58. The van der Waals surface area contributed by atoms with Crippen molar-refractivity contribution >= 4 is 0 Å². The molecule has 17 heavy (non-hydrogen) atoms. The van der Waals surface area contributed by atoms with Crippen LogP contribution >= 0.6 is 0 Å². The Bertz CT molecular complexity index is 170. The summed E-state index contributed by atoms with van der Waals surface area (Å²) in [7, 11) is 0. The zero-order chi connectivity index (χ0) is 12.3. The molecule has 1 rings (SSSR count). The lowest BCUT2D eigenvalue weighted by Crippen LogP contribution is -2.33. The lowest BCUT2D eigenvalue weighted by Gasteiger charge is -2.20. The van der Waals surface area contributed by atoms with E-state index in [4.69, 9.17) is 0 Å². The molecule has 1 saturated heterocycles. The van der Waals surface area contributed by atoms with Crippen LogP contribution in [0, 0.1) is 5.92 Å². The lowest BCUT2D eigenvalue weighted by molar-refractivity contribution is 0.281. The molecule has 0 aromatic carbocycles. The Balaban J connectivity index is 1.91. The summed E-state index contributed by atoms with van der Waals surface area (Å²) in [6.45, 7) is 11.0. The number of rotatable bonds is 8. The molecule has 0 radical (unpaired) electrons. The fourth-order valence-corrected chi connectivity index (χ4v) is 2.59. The fourth-order valence-electron chi connectivity index (χ4n) is 2.59. The zero-order valence-electron chi connectivity index (χ0n) is 12.0. The normalized spacial score (nSPS) is 22.6. The van der Waals surface area contributed by atoms with Gasteiger partial charge in [0.15, 0.2) is 0 Å². The van der Waals surface area contributed by atoms with E-state index in [-0.39, 0.29) is 0 Å². The minimum absolute atomic E-state index is 0.946. The molecule has 1 fully saturated rings. The van der Waals surface area contributed by atoms with E-state index in [1.807, 2.05) is 0 Å². The Morgan fingerprint density at radius 1 is 1.06 bits per heavy atom. The van der Waals surface area contributed by atoms with Crippen LogP contribution in [-0.4, -0.2) is 37.6 Å². The van der Waals surface area contributed by atoms with Crippen molar-refractivity contribution in [2.24, 2.45) is 5.92 Å². The number of nitrogens with zero attached hydrogens (tertiary/aromatic N) is 1. The second-order valence-corrected chi connectivity index (χ2v) is 5.69. The molecule has 1 atom stereocenters. The van der Waals surface area contributed by atoms with Gasteiger partial charge in [-0.2, -0.15) is 0 Å². The molecule has 0 amide bonds. The largest absolute Gasteiger partial charge is 0.315 e. The Morgan fingerprint density at radius 3 is 2.76 bits per heavy atom. The van der Waals surface area contributed by atoms with Gasteiger partial charge in [-0.05, 0) is 51.2 Å². The molecule has 0 aromatic rings. The van der Waals surface area contributed by atoms with Gasteiger partial charge in [0.25, 0.3) is 0 Å².